The second-order valence-corrected chi connectivity index (χ2v) is 6.29. The highest BCUT2D eigenvalue weighted by Gasteiger charge is 2.31. The van der Waals surface area contributed by atoms with Crippen LogP contribution in [-0.2, 0) is 0 Å². The Bertz CT molecular complexity index is 511. The zero-order valence-electron chi connectivity index (χ0n) is 12.5. The van der Waals surface area contributed by atoms with Gasteiger partial charge in [0.2, 0.25) is 0 Å². The zero-order chi connectivity index (χ0) is 14.8. The Morgan fingerprint density at radius 3 is 2.81 bits per heavy atom. The number of aliphatic hydroxyl groups is 1. The van der Waals surface area contributed by atoms with E-state index in [-0.39, 0.29) is 17.9 Å². The maximum atomic E-state index is 12.7. The summed E-state index contributed by atoms with van der Waals surface area (Å²) < 4.78 is 5.82. The van der Waals surface area contributed by atoms with E-state index in [1.165, 1.54) is 12.8 Å². The number of ether oxygens (including phenoxy) is 1. The zero-order valence-corrected chi connectivity index (χ0v) is 12.5. The number of para-hydroxylation sites is 1. The Balaban J connectivity index is 1.69. The van der Waals surface area contributed by atoms with Crippen LogP contribution in [0.4, 0.5) is 0 Å². The van der Waals surface area contributed by atoms with Gasteiger partial charge in [0.15, 0.2) is 0 Å². The SMILES string of the molecule is CC(O)C1CCN(C(=O)c2ccccc2OCC2CC2)C1. The summed E-state index contributed by atoms with van der Waals surface area (Å²) in [5.41, 5.74) is 0.643. The van der Waals surface area contributed by atoms with E-state index in [0.29, 0.717) is 36.9 Å². The lowest BCUT2D eigenvalue weighted by atomic mass is 10.0. The third-order valence-electron chi connectivity index (χ3n) is 4.48. The molecule has 1 heterocycles. The van der Waals surface area contributed by atoms with Gasteiger partial charge in [-0.1, -0.05) is 12.1 Å². The highest BCUT2D eigenvalue weighted by molar-refractivity contribution is 5.97. The van der Waals surface area contributed by atoms with Crippen LogP contribution >= 0.6 is 0 Å². The van der Waals surface area contributed by atoms with Gasteiger partial charge in [0.1, 0.15) is 5.75 Å². The van der Waals surface area contributed by atoms with E-state index in [2.05, 4.69) is 0 Å². The predicted octanol–water partition coefficient (Wildman–Crippen LogP) is 2.32. The van der Waals surface area contributed by atoms with Crippen LogP contribution in [-0.4, -0.2) is 41.7 Å². The number of likely N-dealkylation sites (tertiary alicyclic amines) is 1. The highest BCUT2D eigenvalue weighted by atomic mass is 16.5. The molecule has 2 fully saturated rings. The lowest BCUT2D eigenvalue weighted by Gasteiger charge is -2.19. The number of aliphatic hydroxyl groups excluding tert-OH is 1. The van der Waals surface area contributed by atoms with Crippen LogP contribution in [0, 0.1) is 11.8 Å². The predicted molar refractivity (Wildman–Crippen MR) is 80.4 cm³/mol. The fraction of sp³-hybridized carbons (Fsp3) is 0.588. The van der Waals surface area contributed by atoms with Gasteiger partial charge in [-0.2, -0.15) is 0 Å². The number of benzene rings is 1. The molecule has 1 aliphatic carbocycles. The lowest BCUT2D eigenvalue weighted by Crippen LogP contribution is -2.30. The van der Waals surface area contributed by atoms with E-state index in [4.69, 9.17) is 4.74 Å². The van der Waals surface area contributed by atoms with Crippen LogP contribution in [0.2, 0.25) is 0 Å². The van der Waals surface area contributed by atoms with Gasteiger partial charge in [-0.25, -0.2) is 0 Å². The van der Waals surface area contributed by atoms with Crippen LogP contribution < -0.4 is 4.74 Å². The molecule has 2 atom stereocenters. The van der Waals surface area contributed by atoms with Crippen LogP contribution in [0.25, 0.3) is 0 Å². The van der Waals surface area contributed by atoms with Crippen molar-refractivity contribution in [2.75, 3.05) is 19.7 Å². The number of rotatable bonds is 5. The van der Waals surface area contributed by atoms with Gasteiger partial charge in [0.05, 0.1) is 18.3 Å². The minimum Gasteiger partial charge on any atom is -0.492 e. The molecule has 1 amide bonds. The average Bonchev–Trinajstić information content (AvgIpc) is 3.18. The maximum absolute atomic E-state index is 12.7. The molecular formula is C17H23NO3. The van der Waals surface area contributed by atoms with Crippen molar-refractivity contribution in [2.45, 2.75) is 32.3 Å². The van der Waals surface area contributed by atoms with E-state index in [1.54, 1.807) is 6.92 Å². The van der Waals surface area contributed by atoms with Crippen molar-refractivity contribution < 1.29 is 14.6 Å². The van der Waals surface area contributed by atoms with E-state index < -0.39 is 0 Å². The average molecular weight is 289 g/mol. The van der Waals surface area contributed by atoms with Gasteiger partial charge in [0, 0.05) is 19.0 Å². The monoisotopic (exact) mass is 289 g/mol. The molecule has 2 aliphatic rings. The fourth-order valence-electron chi connectivity index (χ4n) is 2.80. The molecule has 1 aromatic rings. The van der Waals surface area contributed by atoms with Crippen LogP contribution in [0.1, 0.15) is 36.5 Å². The lowest BCUT2D eigenvalue weighted by molar-refractivity contribution is 0.0758. The van der Waals surface area contributed by atoms with E-state index in [0.717, 1.165) is 6.42 Å². The molecule has 1 saturated heterocycles. The Labute approximate surface area is 125 Å². The highest BCUT2D eigenvalue weighted by Crippen LogP contribution is 2.31. The molecule has 1 N–H and O–H groups in total. The van der Waals surface area contributed by atoms with Gasteiger partial charge < -0.3 is 14.7 Å². The summed E-state index contributed by atoms with van der Waals surface area (Å²) in [6.45, 7) is 3.85. The first-order valence-electron chi connectivity index (χ1n) is 7.84. The molecule has 2 unspecified atom stereocenters. The van der Waals surface area contributed by atoms with E-state index in [9.17, 15) is 9.90 Å². The Kier molecular flexibility index (Phi) is 4.15. The molecule has 114 valence electrons. The summed E-state index contributed by atoms with van der Waals surface area (Å²) in [6.07, 6.45) is 2.98. The molecule has 21 heavy (non-hydrogen) atoms. The Hall–Kier alpha value is -1.55. The van der Waals surface area contributed by atoms with Crippen molar-refractivity contribution in [3.8, 4) is 5.75 Å². The smallest absolute Gasteiger partial charge is 0.257 e. The Morgan fingerprint density at radius 2 is 2.14 bits per heavy atom. The topological polar surface area (TPSA) is 49.8 Å². The number of nitrogens with zero attached hydrogens (tertiary/aromatic N) is 1. The molecule has 1 aromatic carbocycles. The number of carbonyl (C=O) groups excluding carboxylic acids is 1. The standard InChI is InChI=1S/C17H23NO3/c1-12(19)14-8-9-18(10-14)17(20)15-4-2-3-5-16(15)21-11-13-6-7-13/h2-5,12-14,19H,6-11H2,1H3. The largest absolute Gasteiger partial charge is 0.492 e. The minimum absolute atomic E-state index is 0.0181. The third-order valence-corrected chi connectivity index (χ3v) is 4.48. The van der Waals surface area contributed by atoms with Crippen molar-refractivity contribution in [3.63, 3.8) is 0 Å². The molecule has 4 heteroatoms. The van der Waals surface area contributed by atoms with Crippen LogP contribution in [0.15, 0.2) is 24.3 Å². The molecule has 0 spiro atoms. The number of hydrogen-bond donors (Lipinski definition) is 1. The number of hydrogen-bond acceptors (Lipinski definition) is 3. The molecule has 3 rings (SSSR count). The third kappa shape index (κ3) is 3.38. The van der Waals surface area contributed by atoms with Crippen molar-refractivity contribution in [1.82, 2.24) is 4.90 Å². The molecule has 1 saturated carbocycles. The molecular weight excluding hydrogens is 266 g/mol. The molecule has 4 nitrogen and oxygen atoms in total. The first kappa shape index (κ1) is 14.4. The molecule has 0 aromatic heterocycles. The normalized spacial score (nSPS) is 23.1. The van der Waals surface area contributed by atoms with Crippen molar-refractivity contribution in [2.24, 2.45) is 11.8 Å². The summed E-state index contributed by atoms with van der Waals surface area (Å²) in [6, 6.07) is 7.49. The van der Waals surface area contributed by atoms with Gasteiger partial charge in [-0.3, -0.25) is 4.79 Å². The molecule has 0 radical (unpaired) electrons. The molecule has 1 aliphatic heterocycles. The van der Waals surface area contributed by atoms with E-state index in [1.807, 2.05) is 29.2 Å². The van der Waals surface area contributed by atoms with Gasteiger partial charge in [0.25, 0.3) is 5.91 Å². The Morgan fingerprint density at radius 1 is 1.38 bits per heavy atom. The summed E-state index contributed by atoms with van der Waals surface area (Å²) in [4.78, 5) is 14.5. The van der Waals surface area contributed by atoms with E-state index >= 15 is 0 Å². The second kappa shape index (κ2) is 6.06. The first-order chi connectivity index (χ1) is 10.1. The van der Waals surface area contributed by atoms with Crippen molar-refractivity contribution in [1.29, 1.82) is 0 Å². The summed E-state index contributed by atoms with van der Waals surface area (Å²) in [5.74, 6) is 1.56. The van der Waals surface area contributed by atoms with Gasteiger partial charge >= 0.3 is 0 Å². The maximum Gasteiger partial charge on any atom is 0.257 e. The number of amides is 1. The minimum atomic E-state index is -0.357. The van der Waals surface area contributed by atoms with Crippen molar-refractivity contribution >= 4 is 5.91 Å². The summed E-state index contributed by atoms with van der Waals surface area (Å²) in [5, 5.41) is 9.67. The quantitative estimate of drug-likeness (QED) is 0.905. The molecule has 0 bridgehead atoms. The first-order valence-corrected chi connectivity index (χ1v) is 7.84. The van der Waals surface area contributed by atoms with Crippen LogP contribution in [0.3, 0.4) is 0 Å². The fourth-order valence-corrected chi connectivity index (χ4v) is 2.80. The van der Waals surface area contributed by atoms with Crippen LogP contribution in [0.5, 0.6) is 5.75 Å². The number of carbonyl (C=O) groups is 1. The van der Waals surface area contributed by atoms with Crippen molar-refractivity contribution in [3.05, 3.63) is 29.8 Å². The van der Waals surface area contributed by atoms with Gasteiger partial charge in [-0.15, -0.1) is 0 Å². The summed E-state index contributed by atoms with van der Waals surface area (Å²) >= 11 is 0. The summed E-state index contributed by atoms with van der Waals surface area (Å²) in [7, 11) is 0. The second-order valence-electron chi connectivity index (χ2n) is 6.29. The van der Waals surface area contributed by atoms with Gasteiger partial charge in [-0.05, 0) is 44.2 Å².